The highest BCUT2D eigenvalue weighted by Gasteiger charge is 2.27. The molecule has 0 radical (unpaired) electrons. The molecule has 0 aromatic carbocycles. The van der Waals surface area contributed by atoms with E-state index in [4.69, 9.17) is 0 Å². The molecule has 1 fully saturated rings. The van der Waals surface area contributed by atoms with Crippen molar-refractivity contribution in [2.24, 2.45) is 11.3 Å². The Morgan fingerprint density at radius 1 is 1.18 bits per heavy atom. The maximum atomic E-state index is 3.54. The highest BCUT2D eigenvalue weighted by atomic mass is 14.9. The molecule has 1 aliphatic rings. The quantitative estimate of drug-likeness (QED) is 0.566. The van der Waals surface area contributed by atoms with Gasteiger partial charge >= 0.3 is 0 Å². The molecule has 1 heterocycles. The second-order valence-corrected chi connectivity index (χ2v) is 4.95. The zero-order valence-electron chi connectivity index (χ0n) is 8.28. The van der Waals surface area contributed by atoms with Crippen molar-refractivity contribution in [3.63, 3.8) is 0 Å². The normalized spacial score (nSPS) is 33.8. The Morgan fingerprint density at radius 2 is 1.82 bits per heavy atom. The lowest BCUT2D eigenvalue weighted by molar-refractivity contribution is 0.175. The van der Waals surface area contributed by atoms with Gasteiger partial charge in [-0.15, -0.1) is 0 Å². The molecule has 0 aromatic heterocycles. The first kappa shape index (κ1) is 9.05. The largest absolute Gasteiger partial charge is 0.314 e. The number of hydrogen-bond donors (Lipinski definition) is 1. The molecule has 11 heavy (non-hydrogen) atoms. The molecule has 1 heteroatoms. The summed E-state index contributed by atoms with van der Waals surface area (Å²) in [6, 6.07) is 0.744. The van der Waals surface area contributed by atoms with Crippen LogP contribution in [0.2, 0.25) is 0 Å². The van der Waals surface area contributed by atoms with Gasteiger partial charge in [0.25, 0.3) is 0 Å². The van der Waals surface area contributed by atoms with Gasteiger partial charge in [0.15, 0.2) is 0 Å². The summed E-state index contributed by atoms with van der Waals surface area (Å²) in [6.07, 6.45) is 2.75. The van der Waals surface area contributed by atoms with Gasteiger partial charge in [-0.2, -0.15) is 0 Å². The summed E-state index contributed by atoms with van der Waals surface area (Å²) in [5.41, 5.74) is 0.493. The molecule has 1 rings (SSSR count). The van der Waals surface area contributed by atoms with Crippen LogP contribution < -0.4 is 5.32 Å². The minimum absolute atomic E-state index is 0.493. The van der Waals surface area contributed by atoms with Crippen molar-refractivity contribution in [3.05, 3.63) is 0 Å². The van der Waals surface area contributed by atoms with Crippen LogP contribution in [-0.4, -0.2) is 12.6 Å². The SMILES string of the molecule is C[C@@H]1CC[C@@H](C(C)(C)C)CN1. The van der Waals surface area contributed by atoms with Gasteiger partial charge in [0.05, 0.1) is 0 Å². The van der Waals surface area contributed by atoms with Crippen LogP contribution in [0.3, 0.4) is 0 Å². The van der Waals surface area contributed by atoms with E-state index in [9.17, 15) is 0 Å². The van der Waals surface area contributed by atoms with Crippen molar-refractivity contribution in [1.29, 1.82) is 0 Å². The van der Waals surface area contributed by atoms with E-state index < -0.39 is 0 Å². The van der Waals surface area contributed by atoms with Crippen LogP contribution >= 0.6 is 0 Å². The Kier molecular flexibility index (Phi) is 2.58. The highest BCUT2D eigenvalue weighted by molar-refractivity contribution is 4.82. The number of hydrogen-bond acceptors (Lipinski definition) is 1. The van der Waals surface area contributed by atoms with Crippen molar-refractivity contribution in [3.8, 4) is 0 Å². The second-order valence-electron chi connectivity index (χ2n) is 4.95. The maximum absolute atomic E-state index is 3.54. The van der Waals surface area contributed by atoms with Crippen molar-refractivity contribution < 1.29 is 0 Å². The summed E-state index contributed by atoms with van der Waals surface area (Å²) >= 11 is 0. The first-order valence-electron chi connectivity index (χ1n) is 4.73. The molecule has 1 N–H and O–H groups in total. The molecule has 1 saturated heterocycles. The molecule has 1 aliphatic heterocycles. The van der Waals surface area contributed by atoms with Crippen LogP contribution in [0.1, 0.15) is 40.5 Å². The molecule has 66 valence electrons. The van der Waals surface area contributed by atoms with Gasteiger partial charge in [0, 0.05) is 6.04 Å². The van der Waals surface area contributed by atoms with Crippen LogP contribution in [0, 0.1) is 11.3 Å². The fraction of sp³-hybridized carbons (Fsp3) is 1.00. The fourth-order valence-corrected chi connectivity index (χ4v) is 1.74. The standard InChI is InChI=1S/C10H21N/c1-8-5-6-9(7-11-8)10(2,3)4/h8-9,11H,5-7H2,1-4H3/t8-,9-/m1/s1. The van der Waals surface area contributed by atoms with E-state index >= 15 is 0 Å². The van der Waals surface area contributed by atoms with Crippen LogP contribution in [0.5, 0.6) is 0 Å². The Hall–Kier alpha value is -0.0400. The summed E-state index contributed by atoms with van der Waals surface area (Å²) in [4.78, 5) is 0. The average Bonchev–Trinajstić information content (AvgIpc) is 1.86. The molecule has 0 aliphatic carbocycles. The molecular formula is C10H21N. The zero-order valence-corrected chi connectivity index (χ0v) is 8.28. The van der Waals surface area contributed by atoms with Crippen molar-refractivity contribution >= 4 is 0 Å². The van der Waals surface area contributed by atoms with E-state index in [1.165, 1.54) is 19.4 Å². The van der Waals surface area contributed by atoms with Crippen molar-refractivity contribution in [2.75, 3.05) is 6.54 Å². The number of rotatable bonds is 0. The predicted molar refractivity (Wildman–Crippen MR) is 49.6 cm³/mol. The zero-order chi connectivity index (χ0) is 8.48. The van der Waals surface area contributed by atoms with E-state index in [0.717, 1.165) is 12.0 Å². The Labute approximate surface area is 70.6 Å². The molecule has 0 spiro atoms. The lowest BCUT2D eigenvalue weighted by Crippen LogP contribution is -2.41. The highest BCUT2D eigenvalue weighted by Crippen LogP contribution is 2.31. The summed E-state index contributed by atoms with van der Waals surface area (Å²) < 4.78 is 0. The van der Waals surface area contributed by atoms with Crippen LogP contribution in [0.25, 0.3) is 0 Å². The average molecular weight is 155 g/mol. The topological polar surface area (TPSA) is 12.0 Å². The maximum Gasteiger partial charge on any atom is 0.00389 e. The second kappa shape index (κ2) is 3.14. The van der Waals surface area contributed by atoms with E-state index in [1.807, 2.05) is 0 Å². The Balaban J connectivity index is 2.39. The first-order valence-corrected chi connectivity index (χ1v) is 4.73. The first-order chi connectivity index (χ1) is 5.00. The summed E-state index contributed by atoms with van der Waals surface area (Å²) in [6.45, 7) is 10.5. The van der Waals surface area contributed by atoms with Gasteiger partial charge in [0.2, 0.25) is 0 Å². The molecule has 0 unspecified atom stereocenters. The number of piperidine rings is 1. The van der Waals surface area contributed by atoms with Gasteiger partial charge < -0.3 is 5.32 Å². The van der Waals surface area contributed by atoms with Gasteiger partial charge in [-0.3, -0.25) is 0 Å². The molecule has 0 saturated carbocycles. The third-order valence-corrected chi connectivity index (χ3v) is 2.89. The van der Waals surface area contributed by atoms with Crippen LogP contribution in [0.15, 0.2) is 0 Å². The molecule has 0 aromatic rings. The van der Waals surface area contributed by atoms with Crippen molar-refractivity contribution in [2.45, 2.75) is 46.6 Å². The van der Waals surface area contributed by atoms with E-state index in [2.05, 4.69) is 33.0 Å². The van der Waals surface area contributed by atoms with Gasteiger partial charge in [-0.05, 0) is 37.6 Å². The Bertz CT molecular complexity index is 115. The molecule has 1 nitrogen and oxygen atoms in total. The van der Waals surface area contributed by atoms with Crippen LogP contribution in [-0.2, 0) is 0 Å². The van der Waals surface area contributed by atoms with E-state index in [1.54, 1.807) is 0 Å². The van der Waals surface area contributed by atoms with Crippen LogP contribution in [0.4, 0.5) is 0 Å². The number of nitrogens with one attached hydrogen (secondary N) is 1. The third-order valence-electron chi connectivity index (χ3n) is 2.89. The van der Waals surface area contributed by atoms with Gasteiger partial charge in [-0.25, -0.2) is 0 Å². The lowest BCUT2D eigenvalue weighted by Gasteiger charge is -2.36. The Morgan fingerprint density at radius 3 is 2.18 bits per heavy atom. The molecular weight excluding hydrogens is 134 g/mol. The monoisotopic (exact) mass is 155 g/mol. The fourth-order valence-electron chi connectivity index (χ4n) is 1.74. The summed E-state index contributed by atoms with van der Waals surface area (Å²) in [7, 11) is 0. The molecule has 0 bridgehead atoms. The lowest BCUT2D eigenvalue weighted by atomic mass is 9.76. The third kappa shape index (κ3) is 2.48. The summed E-state index contributed by atoms with van der Waals surface area (Å²) in [5.74, 6) is 0.874. The van der Waals surface area contributed by atoms with E-state index in [0.29, 0.717) is 5.41 Å². The van der Waals surface area contributed by atoms with Gasteiger partial charge in [0.1, 0.15) is 0 Å². The molecule has 2 atom stereocenters. The van der Waals surface area contributed by atoms with E-state index in [-0.39, 0.29) is 0 Å². The smallest absolute Gasteiger partial charge is 0.00389 e. The predicted octanol–water partition coefficient (Wildman–Crippen LogP) is 2.42. The minimum Gasteiger partial charge on any atom is -0.314 e. The molecule has 0 amide bonds. The summed E-state index contributed by atoms with van der Waals surface area (Å²) in [5, 5.41) is 3.54. The minimum atomic E-state index is 0.493. The van der Waals surface area contributed by atoms with Gasteiger partial charge in [-0.1, -0.05) is 20.8 Å². The van der Waals surface area contributed by atoms with Crippen molar-refractivity contribution in [1.82, 2.24) is 5.32 Å².